The van der Waals surface area contributed by atoms with Crippen molar-refractivity contribution in [2.45, 2.75) is 12.5 Å². The molecule has 24 heavy (non-hydrogen) atoms. The highest BCUT2D eigenvalue weighted by Crippen LogP contribution is 2.27. The minimum Gasteiger partial charge on any atom is -0.492 e. The average Bonchev–Trinajstić information content (AvgIpc) is 2.62. The van der Waals surface area contributed by atoms with E-state index in [1.807, 2.05) is 56.6 Å². The van der Waals surface area contributed by atoms with Crippen molar-refractivity contribution >= 4 is 5.91 Å². The van der Waals surface area contributed by atoms with Crippen LogP contribution in [-0.4, -0.2) is 38.1 Å². The van der Waals surface area contributed by atoms with Crippen molar-refractivity contribution in [3.8, 4) is 5.75 Å². The highest BCUT2D eigenvalue weighted by atomic mass is 16.5. The first kappa shape index (κ1) is 16.5. The molecule has 4 heteroatoms. The summed E-state index contributed by atoms with van der Waals surface area (Å²) in [6.07, 6.45) is 0.736. The van der Waals surface area contributed by atoms with Crippen LogP contribution in [0.1, 0.15) is 17.2 Å². The summed E-state index contributed by atoms with van der Waals surface area (Å²) >= 11 is 0. The lowest BCUT2D eigenvalue weighted by atomic mass is 9.96. The fourth-order valence-corrected chi connectivity index (χ4v) is 3.11. The molecule has 0 radical (unpaired) electrons. The average molecular weight is 324 g/mol. The Balaban J connectivity index is 1.61. The highest BCUT2D eigenvalue weighted by molar-refractivity contribution is 5.79. The zero-order chi connectivity index (χ0) is 16.9. The fraction of sp³-hybridized carbons (Fsp3) is 0.350. The van der Waals surface area contributed by atoms with E-state index in [1.54, 1.807) is 0 Å². The van der Waals surface area contributed by atoms with E-state index in [0.717, 1.165) is 17.7 Å². The third kappa shape index (κ3) is 3.77. The number of fused-ring (bicyclic) bond motifs is 1. The predicted molar refractivity (Wildman–Crippen MR) is 95.0 cm³/mol. The van der Waals surface area contributed by atoms with E-state index in [9.17, 15) is 4.79 Å². The summed E-state index contributed by atoms with van der Waals surface area (Å²) in [5, 5.41) is 3.10. The van der Waals surface area contributed by atoms with E-state index < -0.39 is 0 Å². The largest absolute Gasteiger partial charge is 0.492 e. The normalized spacial score (nSPS) is 17.7. The Hall–Kier alpha value is -2.33. The van der Waals surface area contributed by atoms with Gasteiger partial charge in [-0.05, 0) is 37.7 Å². The van der Waals surface area contributed by atoms with Gasteiger partial charge in [0.1, 0.15) is 12.4 Å². The Morgan fingerprint density at radius 1 is 1.17 bits per heavy atom. The van der Waals surface area contributed by atoms with Gasteiger partial charge in [-0.15, -0.1) is 0 Å². The Kier molecular flexibility index (Phi) is 5.16. The Labute approximate surface area is 143 Å². The maximum Gasteiger partial charge on any atom is 0.226 e. The Morgan fingerprint density at radius 2 is 1.88 bits per heavy atom. The molecule has 0 aromatic heterocycles. The van der Waals surface area contributed by atoms with Gasteiger partial charge in [0.05, 0.1) is 12.0 Å². The number of likely N-dealkylation sites (N-methyl/N-ethyl adjacent to an activating group) is 1. The molecule has 1 heterocycles. The van der Waals surface area contributed by atoms with Crippen LogP contribution in [-0.2, 0) is 11.2 Å². The molecule has 2 aromatic rings. The van der Waals surface area contributed by atoms with Crippen LogP contribution in [0.2, 0.25) is 0 Å². The van der Waals surface area contributed by atoms with E-state index in [1.165, 1.54) is 5.56 Å². The Morgan fingerprint density at radius 3 is 2.62 bits per heavy atom. The fourth-order valence-electron chi connectivity index (χ4n) is 3.11. The summed E-state index contributed by atoms with van der Waals surface area (Å²) in [4.78, 5) is 14.7. The number of benzene rings is 2. The monoisotopic (exact) mass is 324 g/mol. The number of rotatable bonds is 5. The summed E-state index contributed by atoms with van der Waals surface area (Å²) in [5.41, 5.74) is 2.31. The van der Waals surface area contributed by atoms with Crippen LogP contribution < -0.4 is 10.1 Å². The quantitative estimate of drug-likeness (QED) is 0.919. The Bertz CT molecular complexity index is 685. The van der Waals surface area contributed by atoms with Crippen LogP contribution in [0.25, 0.3) is 0 Å². The molecule has 0 saturated heterocycles. The van der Waals surface area contributed by atoms with Gasteiger partial charge in [-0.25, -0.2) is 0 Å². The van der Waals surface area contributed by atoms with Gasteiger partial charge in [0.2, 0.25) is 5.91 Å². The minimum atomic E-state index is -0.126. The molecule has 1 aliphatic heterocycles. The van der Waals surface area contributed by atoms with Crippen LogP contribution in [0, 0.1) is 5.92 Å². The summed E-state index contributed by atoms with van der Waals surface area (Å²) in [6, 6.07) is 18.3. The standard InChI is InChI=1S/C20H24N2O2/c1-22(2)18(15-8-4-3-5-9-15)13-21-20(23)17-12-16-10-6-7-11-19(16)24-14-17/h3-11,17-18H,12-14H2,1-2H3,(H,21,23)/t17-,18+/m1/s1. The molecule has 4 nitrogen and oxygen atoms in total. The van der Waals surface area contributed by atoms with Crippen LogP contribution in [0.4, 0.5) is 0 Å². The number of carbonyl (C=O) groups excluding carboxylic acids is 1. The van der Waals surface area contributed by atoms with Crippen molar-refractivity contribution < 1.29 is 9.53 Å². The molecule has 0 saturated carbocycles. The molecular weight excluding hydrogens is 300 g/mol. The third-order valence-corrected chi connectivity index (χ3v) is 4.53. The molecule has 0 bridgehead atoms. The van der Waals surface area contributed by atoms with E-state index in [0.29, 0.717) is 13.2 Å². The lowest BCUT2D eigenvalue weighted by molar-refractivity contribution is -0.126. The van der Waals surface area contributed by atoms with Crippen LogP contribution >= 0.6 is 0 Å². The first-order valence-corrected chi connectivity index (χ1v) is 8.35. The SMILES string of the molecule is CN(C)[C@@H](CNC(=O)[C@H]1COc2ccccc2C1)c1ccccc1. The number of hydrogen-bond donors (Lipinski definition) is 1. The minimum absolute atomic E-state index is 0.0623. The topological polar surface area (TPSA) is 41.6 Å². The number of nitrogens with zero attached hydrogens (tertiary/aromatic N) is 1. The van der Waals surface area contributed by atoms with E-state index in [2.05, 4.69) is 22.3 Å². The van der Waals surface area contributed by atoms with Crippen LogP contribution in [0.15, 0.2) is 54.6 Å². The number of para-hydroxylation sites is 1. The molecule has 1 aliphatic rings. The molecule has 126 valence electrons. The smallest absolute Gasteiger partial charge is 0.226 e. The summed E-state index contributed by atoms with van der Waals surface area (Å²) in [5.74, 6) is 0.836. The van der Waals surface area contributed by atoms with E-state index in [4.69, 9.17) is 4.74 Å². The highest BCUT2D eigenvalue weighted by Gasteiger charge is 2.26. The molecule has 2 aromatic carbocycles. The van der Waals surface area contributed by atoms with Crippen molar-refractivity contribution in [3.05, 3.63) is 65.7 Å². The number of ether oxygens (including phenoxy) is 1. The van der Waals surface area contributed by atoms with Crippen molar-refractivity contribution in [1.29, 1.82) is 0 Å². The van der Waals surface area contributed by atoms with Crippen LogP contribution in [0.3, 0.4) is 0 Å². The van der Waals surface area contributed by atoms with Gasteiger partial charge in [0, 0.05) is 6.54 Å². The molecule has 1 N–H and O–H groups in total. The van der Waals surface area contributed by atoms with Gasteiger partial charge in [0.15, 0.2) is 0 Å². The second-order valence-electron chi connectivity index (χ2n) is 6.46. The first-order valence-electron chi connectivity index (χ1n) is 8.35. The second-order valence-corrected chi connectivity index (χ2v) is 6.46. The zero-order valence-corrected chi connectivity index (χ0v) is 14.2. The number of nitrogens with one attached hydrogen (secondary N) is 1. The summed E-state index contributed by atoms with van der Waals surface area (Å²) in [6.45, 7) is 1.04. The molecule has 0 spiro atoms. The van der Waals surface area contributed by atoms with E-state index >= 15 is 0 Å². The molecule has 3 rings (SSSR count). The van der Waals surface area contributed by atoms with Gasteiger partial charge < -0.3 is 15.0 Å². The third-order valence-electron chi connectivity index (χ3n) is 4.53. The lowest BCUT2D eigenvalue weighted by Gasteiger charge is -2.28. The van der Waals surface area contributed by atoms with Gasteiger partial charge >= 0.3 is 0 Å². The molecule has 0 aliphatic carbocycles. The number of amides is 1. The molecule has 0 fully saturated rings. The summed E-state index contributed by atoms with van der Waals surface area (Å²) in [7, 11) is 4.06. The molecule has 2 atom stereocenters. The maximum atomic E-state index is 12.6. The number of carbonyl (C=O) groups is 1. The van der Waals surface area contributed by atoms with Crippen molar-refractivity contribution in [1.82, 2.24) is 10.2 Å². The molecule has 0 unspecified atom stereocenters. The summed E-state index contributed by atoms with van der Waals surface area (Å²) < 4.78 is 5.72. The van der Waals surface area contributed by atoms with Gasteiger partial charge in [0.25, 0.3) is 0 Å². The van der Waals surface area contributed by atoms with Crippen molar-refractivity contribution in [3.63, 3.8) is 0 Å². The first-order chi connectivity index (χ1) is 11.6. The van der Waals surface area contributed by atoms with E-state index in [-0.39, 0.29) is 17.9 Å². The lowest BCUT2D eigenvalue weighted by Crippen LogP contribution is -2.41. The van der Waals surface area contributed by atoms with Crippen molar-refractivity contribution in [2.24, 2.45) is 5.92 Å². The molecule has 1 amide bonds. The molecular formula is C20H24N2O2. The predicted octanol–water partition coefficient (Wildman–Crippen LogP) is 2.66. The van der Waals surface area contributed by atoms with Crippen LogP contribution in [0.5, 0.6) is 5.75 Å². The van der Waals surface area contributed by atoms with Crippen molar-refractivity contribution in [2.75, 3.05) is 27.2 Å². The number of hydrogen-bond acceptors (Lipinski definition) is 3. The zero-order valence-electron chi connectivity index (χ0n) is 14.2. The maximum absolute atomic E-state index is 12.6. The van der Waals surface area contributed by atoms with Gasteiger partial charge in [-0.1, -0.05) is 48.5 Å². The second kappa shape index (κ2) is 7.49. The van der Waals surface area contributed by atoms with Gasteiger partial charge in [-0.3, -0.25) is 4.79 Å². The van der Waals surface area contributed by atoms with Gasteiger partial charge in [-0.2, -0.15) is 0 Å².